The molecule has 1 aliphatic heterocycles. The fourth-order valence-electron chi connectivity index (χ4n) is 2.80. The number of hydrogen-bond acceptors (Lipinski definition) is 7. The van der Waals surface area contributed by atoms with E-state index in [-0.39, 0.29) is 29.6 Å². The Kier molecular flexibility index (Phi) is 5.92. The summed E-state index contributed by atoms with van der Waals surface area (Å²) < 4.78 is 15.5. The van der Waals surface area contributed by atoms with E-state index in [1.54, 1.807) is 12.1 Å². The zero-order valence-corrected chi connectivity index (χ0v) is 15.9. The first-order chi connectivity index (χ1) is 13.9. The van der Waals surface area contributed by atoms with E-state index in [2.05, 4.69) is 0 Å². The van der Waals surface area contributed by atoms with Crippen LogP contribution in [0.4, 0.5) is 5.69 Å². The Morgan fingerprint density at radius 2 is 1.86 bits per heavy atom. The van der Waals surface area contributed by atoms with Gasteiger partial charge in [-0.2, -0.15) is 0 Å². The maximum absolute atomic E-state index is 12.4. The van der Waals surface area contributed by atoms with E-state index in [1.807, 2.05) is 19.1 Å². The topological polar surface area (TPSA) is 105 Å². The number of rotatable bonds is 7. The number of benzene rings is 2. The van der Waals surface area contributed by atoms with Crippen LogP contribution < -0.4 is 9.47 Å². The van der Waals surface area contributed by atoms with E-state index in [9.17, 15) is 19.7 Å². The maximum atomic E-state index is 12.4. The van der Waals surface area contributed by atoms with Crippen molar-refractivity contribution in [2.24, 2.45) is 0 Å². The van der Waals surface area contributed by atoms with Gasteiger partial charge in [-0.1, -0.05) is 31.2 Å². The number of nitro groups is 1. The van der Waals surface area contributed by atoms with Gasteiger partial charge in [0.1, 0.15) is 0 Å². The number of nitro benzene ring substituents is 1. The minimum absolute atomic E-state index is 0.0272. The van der Waals surface area contributed by atoms with E-state index < -0.39 is 17.0 Å². The van der Waals surface area contributed by atoms with Crippen molar-refractivity contribution in [2.75, 3.05) is 6.79 Å². The third-order valence-electron chi connectivity index (χ3n) is 4.43. The molecule has 0 radical (unpaired) electrons. The Morgan fingerprint density at radius 1 is 1.21 bits per heavy atom. The molecule has 2 aromatic carbocycles. The Labute approximate surface area is 166 Å². The highest BCUT2D eigenvalue weighted by atomic mass is 16.7. The molecule has 1 heterocycles. The average Bonchev–Trinajstić information content (AvgIpc) is 3.18. The van der Waals surface area contributed by atoms with E-state index in [0.29, 0.717) is 11.3 Å². The SMILES string of the molecule is CCc1ccc(C(=O)[C@@H](C)OC(=O)/C=C/c2cc3c(cc2[N+](=O)[O-])OCO3)cc1. The van der Waals surface area contributed by atoms with Crippen LogP contribution in [0.25, 0.3) is 6.08 Å². The normalized spacial score (nSPS) is 13.3. The predicted octanol–water partition coefficient (Wildman–Crippen LogP) is 3.71. The van der Waals surface area contributed by atoms with Gasteiger partial charge >= 0.3 is 5.97 Å². The minimum atomic E-state index is -0.994. The number of carbonyl (C=O) groups excluding carboxylic acids is 2. The number of aryl methyl sites for hydroxylation is 1. The highest BCUT2D eigenvalue weighted by molar-refractivity contribution is 6.01. The second kappa shape index (κ2) is 8.55. The lowest BCUT2D eigenvalue weighted by atomic mass is 10.0. The minimum Gasteiger partial charge on any atom is -0.454 e. The summed E-state index contributed by atoms with van der Waals surface area (Å²) in [5.41, 5.74) is 1.46. The number of fused-ring (bicyclic) bond motifs is 1. The molecular weight excluding hydrogens is 378 g/mol. The van der Waals surface area contributed by atoms with Crippen LogP contribution in [-0.4, -0.2) is 29.6 Å². The van der Waals surface area contributed by atoms with Crippen molar-refractivity contribution in [3.8, 4) is 11.5 Å². The average molecular weight is 397 g/mol. The summed E-state index contributed by atoms with van der Waals surface area (Å²) in [6.45, 7) is 3.46. The Bertz CT molecular complexity index is 979. The Hall–Kier alpha value is -3.68. The van der Waals surface area contributed by atoms with Gasteiger partial charge in [-0.25, -0.2) is 4.79 Å². The molecule has 150 valence electrons. The molecule has 2 aromatic rings. The summed E-state index contributed by atoms with van der Waals surface area (Å²) in [6, 6.07) is 9.73. The summed E-state index contributed by atoms with van der Waals surface area (Å²) in [5.74, 6) is -0.501. The fourth-order valence-corrected chi connectivity index (χ4v) is 2.80. The summed E-state index contributed by atoms with van der Waals surface area (Å²) in [6.07, 6.45) is 2.14. The monoisotopic (exact) mass is 397 g/mol. The second-order valence-corrected chi connectivity index (χ2v) is 6.35. The van der Waals surface area contributed by atoms with Crippen LogP contribution in [0.3, 0.4) is 0 Å². The summed E-state index contributed by atoms with van der Waals surface area (Å²) in [4.78, 5) is 35.2. The largest absolute Gasteiger partial charge is 0.454 e. The van der Waals surface area contributed by atoms with Gasteiger partial charge < -0.3 is 14.2 Å². The van der Waals surface area contributed by atoms with E-state index in [4.69, 9.17) is 14.2 Å². The van der Waals surface area contributed by atoms with E-state index in [1.165, 1.54) is 25.1 Å². The van der Waals surface area contributed by atoms with Crippen molar-refractivity contribution in [3.05, 3.63) is 69.3 Å². The molecule has 0 spiro atoms. The highest BCUT2D eigenvalue weighted by Crippen LogP contribution is 2.38. The molecular formula is C21H19NO7. The number of carbonyl (C=O) groups is 2. The number of hydrogen-bond donors (Lipinski definition) is 0. The number of ketones is 1. The molecule has 0 aliphatic carbocycles. The molecule has 1 atom stereocenters. The lowest BCUT2D eigenvalue weighted by Gasteiger charge is -2.11. The van der Waals surface area contributed by atoms with Crippen molar-refractivity contribution < 1.29 is 28.7 Å². The lowest BCUT2D eigenvalue weighted by Crippen LogP contribution is -2.23. The predicted molar refractivity (Wildman–Crippen MR) is 104 cm³/mol. The molecule has 8 heteroatoms. The van der Waals surface area contributed by atoms with Crippen molar-refractivity contribution in [1.29, 1.82) is 0 Å². The van der Waals surface area contributed by atoms with Crippen molar-refractivity contribution in [2.45, 2.75) is 26.4 Å². The zero-order valence-electron chi connectivity index (χ0n) is 15.9. The van der Waals surface area contributed by atoms with Gasteiger partial charge in [0.25, 0.3) is 5.69 Å². The van der Waals surface area contributed by atoms with Crippen LogP contribution >= 0.6 is 0 Å². The molecule has 0 saturated carbocycles. The van der Waals surface area contributed by atoms with Gasteiger partial charge in [0.2, 0.25) is 12.6 Å². The number of Topliss-reactive ketones (excluding diaryl/α,β-unsaturated/α-hetero) is 1. The maximum Gasteiger partial charge on any atom is 0.331 e. The van der Waals surface area contributed by atoms with Gasteiger partial charge in [0, 0.05) is 11.6 Å². The first-order valence-corrected chi connectivity index (χ1v) is 8.99. The van der Waals surface area contributed by atoms with Crippen LogP contribution in [0, 0.1) is 10.1 Å². The van der Waals surface area contributed by atoms with Gasteiger partial charge in [0.05, 0.1) is 16.6 Å². The molecule has 1 aliphatic rings. The number of nitrogens with zero attached hydrogens (tertiary/aromatic N) is 1. The lowest BCUT2D eigenvalue weighted by molar-refractivity contribution is -0.385. The third kappa shape index (κ3) is 4.60. The first-order valence-electron chi connectivity index (χ1n) is 8.99. The molecule has 0 fully saturated rings. The molecule has 3 rings (SSSR count). The number of esters is 1. The van der Waals surface area contributed by atoms with Crippen LogP contribution in [0.1, 0.15) is 35.3 Å². The zero-order chi connectivity index (χ0) is 21.0. The van der Waals surface area contributed by atoms with Crippen LogP contribution in [-0.2, 0) is 16.0 Å². The molecule has 0 unspecified atom stereocenters. The van der Waals surface area contributed by atoms with E-state index >= 15 is 0 Å². The quantitative estimate of drug-likeness (QED) is 0.230. The standard InChI is InChI=1S/C21H19NO7/c1-3-14-4-6-15(7-5-14)21(24)13(2)29-20(23)9-8-16-10-18-19(28-12-27-18)11-17(16)22(25)26/h4-11,13H,3,12H2,1-2H3/b9-8+/t13-/m1/s1. The molecule has 0 N–H and O–H groups in total. The smallest absolute Gasteiger partial charge is 0.331 e. The Morgan fingerprint density at radius 3 is 2.48 bits per heavy atom. The van der Waals surface area contributed by atoms with Gasteiger partial charge in [-0.05, 0) is 31.1 Å². The second-order valence-electron chi connectivity index (χ2n) is 6.35. The van der Waals surface area contributed by atoms with E-state index in [0.717, 1.165) is 18.1 Å². The number of ether oxygens (including phenoxy) is 3. The summed E-state index contributed by atoms with van der Waals surface area (Å²) in [5, 5.41) is 11.3. The van der Waals surface area contributed by atoms with Crippen LogP contribution in [0.2, 0.25) is 0 Å². The highest BCUT2D eigenvalue weighted by Gasteiger charge is 2.23. The van der Waals surface area contributed by atoms with Gasteiger partial charge in [-0.3, -0.25) is 14.9 Å². The molecule has 0 aromatic heterocycles. The van der Waals surface area contributed by atoms with Crippen LogP contribution in [0.5, 0.6) is 11.5 Å². The molecule has 0 saturated heterocycles. The molecule has 29 heavy (non-hydrogen) atoms. The third-order valence-corrected chi connectivity index (χ3v) is 4.43. The van der Waals surface area contributed by atoms with Gasteiger partial charge in [-0.15, -0.1) is 0 Å². The summed E-state index contributed by atoms with van der Waals surface area (Å²) in [7, 11) is 0. The van der Waals surface area contributed by atoms with Gasteiger partial charge in [0.15, 0.2) is 17.6 Å². The van der Waals surface area contributed by atoms with Crippen LogP contribution in [0.15, 0.2) is 42.5 Å². The molecule has 0 bridgehead atoms. The van der Waals surface area contributed by atoms with Crippen molar-refractivity contribution in [1.82, 2.24) is 0 Å². The summed E-state index contributed by atoms with van der Waals surface area (Å²) >= 11 is 0. The fraction of sp³-hybridized carbons (Fsp3) is 0.238. The molecule has 8 nitrogen and oxygen atoms in total. The van der Waals surface area contributed by atoms with Crippen molar-refractivity contribution >= 4 is 23.5 Å². The Balaban J connectivity index is 1.69. The van der Waals surface area contributed by atoms with Crippen molar-refractivity contribution in [3.63, 3.8) is 0 Å². The molecule has 0 amide bonds. The first kappa shape index (κ1) is 20.1.